The minimum atomic E-state index is -0.830. The molecule has 0 radical (unpaired) electrons. The van der Waals surface area contributed by atoms with Gasteiger partial charge in [-0.3, -0.25) is 14.4 Å². The van der Waals surface area contributed by atoms with Gasteiger partial charge in [-0.05, 0) is 42.9 Å². The lowest BCUT2D eigenvalue weighted by atomic mass is 9.87. The van der Waals surface area contributed by atoms with Crippen LogP contribution in [0.4, 0.5) is 0 Å². The van der Waals surface area contributed by atoms with Gasteiger partial charge in [0, 0.05) is 18.7 Å². The number of nitrogens with one attached hydrogen (secondary N) is 1. The minimum Gasteiger partial charge on any atom is -0.451 e. The van der Waals surface area contributed by atoms with Gasteiger partial charge in [-0.1, -0.05) is 32.9 Å². The van der Waals surface area contributed by atoms with Crippen LogP contribution in [0.5, 0.6) is 0 Å². The molecule has 1 aliphatic heterocycles. The molecule has 1 heterocycles. The zero-order chi connectivity index (χ0) is 19.3. The van der Waals surface area contributed by atoms with Gasteiger partial charge in [0.2, 0.25) is 0 Å². The third-order valence-electron chi connectivity index (χ3n) is 4.48. The van der Waals surface area contributed by atoms with Gasteiger partial charge in [0.25, 0.3) is 11.8 Å². The second-order valence-corrected chi connectivity index (χ2v) is 7.67. The zero-order valence-electron chi connectivity index (χ0n) is 16.0. The van der Waals surface area contributed by atoms with Gasteiger partial charge in [-0.25, -0.2) is 0 Å². The summed E-state index contributed by atoms with van der Waals surface area (Å²) in [6, 6.07) is 7.29. The molecule has 0 aromatic heterocycles. The molecule has 1 aliphatic rings. The highest BCUT2D eigenvalue weighted by atomic mass is 16.5. The Morgan fingerprint density at radius 2 is 1.69 bits per heavy atom. The standard InChI is InChI=1S/C20H28N2O4/c1-14(19(25)22-11-5-6-12-22)26-17(23)13-21-18(24)15-7-9-16(10-8-15)20(2,3)4/h7-10,14H,5-6,11-13H2,1-4H3,(H,21,24)/t14-/m1/s1. The molecule has 0 bridgehead atoms. The van der Waals surface area contributed by atoms with Crippen LogP contribution in [-0.4, -0.2) is 48.4 Å². The van der Waals surface area contributed by atoms with E-state index >= 15 is 0 Å². The lowest BCUT2D eigenvalue weighted by molar-refractivity contribution is -0.157. The van der Waals surface area contributed by atoms with Crippen molar-refractivity contribution in [2.75, 3.05) is 19.6 Å². The summed E-state index contributed by atoms with van der Waals surface area (Å²) in [4.78, 5) is 37.8. The first-order valence-electron chi connectivity index (χ1n) is 9.05. The molecule has 6 nitrogen and oxygen atoms in total. The SMILES string of the molecule is C[C@@H](OC(=O)CNC(=O)c1ccc(C(C)(C)C)cc1)C(=O)N1CCCC1. The lowest BCUT2D eigenvalue weighted by Gasteiger charge is -2.20. The van der Waals surface area contributed by atoms with E-state index in [0.29, 0.717) is 18.7 Å². The van der Waals surface area contributed by atoms with Crippen LogP contribution in [0, 0.1) is 0 Å². The highest BCUT2D eigenvalue weighted by molar-refractivity contribution is 5.96. The summed E-state index contributed by atoms with van der Waals surface area (Å²) in [7, 11) is 0. The van der Waals surface area contributed by atoms with Crippen LogP contribution < -0.4 is 5.32 Å². The van der Waals surface area contributed by atoms with E-state index in [-0.39, 0.29) is 23.8 Å². The Morgan fingerprint density at radius 3 is 2.23 bits per heavy atom. The predicted octanol–water partition coefficient (Wildman–Crippen LogP) is 2.27. The van der Waals surface area contributed by atoms with Crippen molar-refractivity contribution in [3.8, 4) is 0 Å². The van der Waals surface area contributed by atoms with Crippen molar-refractivity contribution in [1.29, 1.82) is 0 Å². The molecule has 0 aliphatic carbocycles. The first-order valence-corrected chi connectivity index (χ1v) is 9.05. The van der Waals surface area contributed by atoms with E-state index in [4.69, 9.17) is 4.74 Å². The van der Waals surface area contributed by atoms with E-state index in [1.165, 1.54) is 0 Å². The minimum absolute atomic E-state index is 0.0107. The number of carbonyl (C=O) groups is 3. The van der Waals surface area contributed by atoms with Crippen molar-refractivity contribution in [2.24, 2.45) is 0 Å². The lowest BCUT2D eigenvalue weighted by Crippen LogP contribution is -2.40. The van der Waals surface area contributed by atoms with Crippen molar-refractivity contribution < 1.29 is 19.1 Å². The van der Waals surface area contributed by atoms with Gasteiger partial charge in [0.15, 0.2) is 6.10 Å². The average Bonchev–Trinajstić information content (AvgIpc) is 3.12. The van der Waals surface area contributed by atoms with Crippen molar-refractivity contribution in [3.63, 3.8) is 0 Å². The Kier molecular flexibility index (Phi) is 6.40. The van der Waals surface area contributed by atoms with E-state index < -0.39 is 12.1 Å². The number of ether oxygens (including phenoxy) is 1. The number of rotatable bonds is 5. The molecule has 142 valence electrons. The number of benzene rings is 1. The maximum absolute atomic E-state index is 12.1. The quantitative estimate of drug-likeness (QED) is 0.818. The van der Waals surface area contributed by atoms with Gasteiger partial charge in [0.05, 0.1) is 0 Å². The van der Waals surface area contributed by atoms with Gasteiger partial charge < -0.3 is 15.0 Å². The summed E-state index contributed by atoms with van der Waals surface area (Å²) in [6.45, 7) is 9.02. The predicted molar refractivity (Wildman–Crippen MR) is 98.8 cm³/mol. The van der Waals surface area contributed by atoms with Crippen LogP contribution >= 0.6 is 0 Å². The summed E-state index contributed by atoms with van der Waals surface area (Å²) >= 11 is 0. The maximum Gasteiger partial charge on any atom is 0.326 e. The Labute approximate surface area is 154 Å². The summed E-state index contributed by atoms with van der Waals surface area (Å²) in [5, 5.41) is 2.53. The molecule has 2 rings (SSSR count). The molecule has 1 atom stereocenters. The summed E-state index contributed by atoms with van der Waals surface area (Å²) in [5.41, 5.74) is 1.62. The highest BCUT2D eigenvalue weighted by Crippen LogP contribution is 2.22. The van der Waals surface area contributed by atoms with E-state index in [1.54, 1.807) is 24.0 Å². The van der Waals surface area contributed by atoms with Gasteiger partial charge in [-0.15, -0.1) is 0 Å². The fourth-order valence-electron chi connectivity index (χ4n) is 2.86. The van der Waals surface area contributed by atoms with Crippen molar-refractivity contribution in [2.45, 2.75) is 52.1 Å². The van der Waals surface area contributed by atoms with Crippen LogP contribution in [0.1, 0.15) is 56.5 Å². The van der Waals surface area contributed by atoms with Crippen LogP contribution in [0.15, 0.2) is 24.3 Å². The van der Waals surface area contributed by atoms with Gasteiger partial charge >= 0.3 is 5.97 Å². The molecule has 6 heteroatoms. The first kappa shape index (κ1) is 19.9. The summed E-state index contributed by atoms with van der Waals surface area (Å²) < 4.78 is 5.13. The Balaban J connectivity index is 1.81. The molecule has 0 saturated carbocycles. The van der Waals surface area contributed by atoms with E-state index in [9.17, 15) is 14.4 Å². The Hall–Kier alpha value is -2.37. The van der Waals surface area contributed by atoms with Gasteiger partial charge in [-0.2, -0.15) is 0 Å². The Morgan fingerprint density at radius 1 is 1.12 bits per heavy atom. The molecular weight excluding hydrogens is 332 g/mol. The second-order valence-electron chi connectivity index (χ2n) is 7.67. The van der Waals surface area contributed by atoms with Crippen LogP contribution in [0.3, 0.4) is 0 Å². The number of likely N-dealkylation sites (tertiary alicyclic amines) is 1. The number of esters is 1. The molecule has 1 N–H and O–H groups in total. The zero-order valence-corrected chi connectivity index (χ0v) is 16.0. The Bertz CT molecular complexity index is 655. The third kappa shape index (κ3) is 5.31. The molecule has 2 amide bonds. The second kappa shape index (κ2) is 8.34. The van der Waals surface area contributed by atoms with E-state index in [1.807, 2.05) is 12.1 Å². The highest BCUT2D eigenvalue weighted by Gasteiger charge is 2.26. The normalized spacial score (nSPS) is 15.5. The summed E-state index contributed by atoms with van der Waals surface area (Å²) in [6.07, 6.45) is 1.14. The number of nitrogens with zero attached hydrogens (tertiary/aromatic N) is 1. The molecule has 26 heavy (non-hydrogen) atoms. The molecule has 0 spiro atoms. The van der Waals surface area contributed by atoms with Crippen LogP contribution in [-0.2, 0) is 19.7 Å². The van der Waals surface area contributed by atoms with Crippen molar-refractivity contribution >= 4 is 17.8 Å². The average molecular weight is 360 g/mol. The van der Waals surface area contributed by atoms with Crippen LogP contribution in [0.2, 0.25) is 0 Å². The first-order chi connectivity index (χ1) is 12.2. The number of amides is 2. The molecular formula is C20H28N2O4. The molecule has 1 aromatic carbocycles. The van der Waals surface area contributed by atoms with Crippen molar-refractivity contribution in [1.82, 2.24) is 10.2 Å². The fourth-order valence-corrected chi connectivity index (χ4v) is 2.86. The number of hydrogen-bond donors (Lipinski definition) is 1. The topological polar surface area (TPSA) is 75.7 Å². The van der Waals surface area contributed by atoms with Gasteiger partial charge in [0.1, 0.15) is 6.54 Å². The molecule has 1 fully saturated rings. The summed E-state index contributed by atoms with van der Waals surface area (Å²) in [5.74, 6) is -1.15. The number of carbonyl (C=O) groups excluding carboxylic acids is 3. The molecule has 1 aromatic rings. The monoisotopic (exact) mass is 360 g/mol. The number of hydrogen-bond acceptors (Lipinski definition) is 4. The maximum atomic E-state index is 12.1. The van der Waals surface area contributed by atoms with E-state index in [2.05, 4.69) is 26.1 Å². The third-order valence-corrected chi connectivity index (χ3v) is 4.48. The molecule has 0 unspecified atom stereocenters. The smallest absolute Gasteiger partial charge is 0.326 e. The van der Waals surface area contributed by atoms with Crippen LogP contribution in [0.25, 0.3) is 0 Å². The van der Waals surface area contributed by atoms with Crippen molar-refractivity contribution in [3.05, 3.63) is 35.4 Å². The largest absolute Gasteiger partial charge is 0.451 e. The van der Waals surface area contributed by atoms with E-state index in [0.717, 1.165) is 18.4 Å². The fraction of sp³-hybridized carbons (Fsp3) is 0.550. The molecule has 1 saturated heterocycles.